The normalized spacial score (nSPS) is 10.8. The van der Waals surface area contributed by atoms with Gasteiger partial charge in [-0.1, -0.05) is 12.2 Å². The molecule has 0 fully saturated rings. The van der Waals surface area contributed by atoms with Gasteiger partial charge < -0.3 is 0 Å². The predicted molar refractivity (Wildman–Crippen MR) is 47.2 cm³/mol. The second kappa shape index (κ2) is 3.85. The van der Waals surface area contributed by atoms with Crippen LogP contribution in [0.4, 0.5) is 0 Å². The van der Waals surface area contributed by atoms with Gasteiger partial charge in [0.1, 0.15) is 5.69 Å². The zero-order chi connectivity index (χ0) is 8.97. The lowest BCUT2D eigenvalue weighted by atomic mass is 10.4. The van der Waals surface area contributed by atoms with Gasteiger partial charge in [-0.25, -0.2) is 0 Å². The number of carbonyl (C=O) groups is 1. The maximum Gasteiger partial charge on any atom is 0.168 e. The van der Waals surface area contributed by atoms with Crippen LogP contribution in [0.1, 0.15) is 23.1 Å². The number of rotatable bonds is 3. The topological polar surface area (TPSA) is 34.9 Å². The van der Waals surface area contributed by atoms with E-state index in [2.05, 4.69) is 5.10 Å². The second-order valence-corrected chi connectivity index (χ2v) is 2.58. The Labute approximate surface area is 71.7 Å². The third kappa shape index (κ3) is 1.81. The number of carbonyl (C=O) groups excluding carboxylic acids is 1. The third-order valence-corrected chi connectivity index (χ3v) is 1.57. The number of aryl methyl sites for hydroxylation is 1. The van der Waals surface area contributed by atoms with Crippen molar-refractivity contribution in [3.8, 4) is 0 Å². The zero-order valence-electron chi connectivity index (χ0n) is 7.32. The van der Waals surface area contributed by atoms with Crippen molar-refractivity contribution in [2.24, 2.45) is 0 Å². The molecular formula is C9H12N2O. The minimum atomic E-state index is 0.630. The van der Waals surface area contributed by atoms with Crippen molar-refractivity contribution in [1.82, 2.24) is 9.78 Å². The van der Waals surface area contributed by atoms with E-state index < -0.39 is 0 Å². The van der Waals surface area contributed by atoms with Crippen LogP contribution in [0.3, 0.4) is 0 Å². The number of nitrogens with zero attached hydrogens (tertiary/aromatic N) is 2. The van der Waals surface area contributed by atoms with E-state index in [9.17, 15) is 4.79 Å². The van der Waals surface area contributed by atoms with Crippen molar-refractivity contribution >= 4 is 6.29 Å². The Morgan fingerprint density at radius 1 is 1.67 bits per heavy atom. The average Bonchev–Trinajstić information content (AvgIpc) is 2.42. The molecule has 0 N–H and O–H groups in total. The largest absolute Gasteiger partial charge is 0.296 e. The molecule has 0 aliphatic carbocycles. The van der Waals surface area contributed by atoms with Crippen LogP contribution in [0.5, 0.6) is 0 Å². The number of hydrogen-bond donors (Lipinski definition) is 0. The van der Waals surface area contributed by atoms with Crippen molar-refractivity contribution in [2.75, 3.05) is 0 Å². The Morgan fingerprint density at radius 2 is 2.42 bits per heavy atom. The van der Waals surface area contributed by atoms with E-state index in [0.717, 1.165) is 12.0 Å². The SMILES string of the molecule is CC=CCn1nc(C)cc1C=O. The molecule has 0 aliphatic heterocycles. The number of aromatic nitrogens is 2. The van der Waals surface area contributed by atoms with Crippen LogP contribution >= 0.6 is 0 Å². The monoisotopic (exact) mass is 164 g/mol. The van der Waals surface area contributed by atoms with E-state index in [4.69, 9.17) is 0 Å². The van der Waals surface area contributed by atoms with Gasteiger partial charge >= 0.3 is 0 Å². The third-order valence-electron chi connectivity index (χ3n) is 1.57. The first-order chi connectivity index (χ1) is 5.77. The lowest BCUT2D eigenvalue weighted by Gasteiger charge is -1.96. The Morgan fingerprint density at radius 3 is 3.00 bits per heavy atom. The molecular weight excluding hydrogens is 152 g/mol. The fourth-order valence-electron chi connectivity index (χ4n) is 1.01. The predicted octanol–water partition coefficient (Wildman–Crippen LogP) is 1.58. The van der Waals surface area contributed by atoms with E-state index in [-0.39, 0.29) is 0 Å². The minimum Gasteiger partial charge on any atom is -0.296 e. The Kier molecular flexibility index (Phi) is 2.80. The Hall–Kier alpha value is -1.38. The van der Waals surface area contributed by atoms with E-state index >= 15 is 0 Å². The summed E-state index contributed by atoms with van der Waals surface area (Å²) in [5, 5.41) is 4.15. The van der Waals surface area contributed by atoms with E-state index in [1.807, 2.05) is 26.0 Å². The molecule has 3 heteroatoms. The fraction of sp³-hybridized carbons (Fsp3) is 0.333. The van der Waals surface area contributed by atoms with Gasteiger partial charge in [0.25, 0.3) is 0 Å². The van der Waals surface area contributed by atoms with Crippen molar-refractivity contribution in [2.45, 2.75) is 20.4 Å². The van der Waals surface area contributed by atoms with Crippen LogP contribution in [0.25, 0.3) is 0 Å². The molecule has 0 amide bonds. The van der Waals surface area contributed by atoms with Gasteiger partial charge in [0.05, 0.1) is 12.2 Å². The molecule has 1 aromatic rings. The molecule has 0 aromatic carbocycles. The summed E-state index contributed by atoms with van der Waals surface area (Å²) < 4.78 is 1.68. The quantitative estimate of drug-likeness (QED) is 0.502. The Balaban J connectivity index is 2.88. The molecule has 1 aromatic heterocycles. The lowest BCUT2D eigenvalue weighted by molar-refractivity contribution is 0.111. The van der Waals surface area contributed by atoms with Crippen LogP contribution in [-0.4, -0.2) is 16.1 Å². The molecule has 0 saturated heterocycles. The Bertz CT molecular complexity index is 299. The summed E-state index contributed by atoms with van der Waals surface area (Å²) in [7, 11) is 0. The molecule has 3 nitrogen and oxygen atoms in total. The van der Waals surface area contributed by atoms with Gasteiger partial charge in [-0.15, -0.1) is 0 Å². The van der Waals surface area contributed by atoms with Crippen molar-refractivity contribution in [3.63, 3.8) is 0 Å². The van der Waals surface area contributed by atoms with Crippen molar-refractivity contribution < 1.29 is 4.79 Å². The molecule has 1 heterocycles. The summed E-state index contributed by atoms with van der Waals surface area (Å²) in [6.07, 6.45) is 4.72. The first-order valence-corrected chi connectivity index (χ1v) is 3.88. The molecule has 0 unspecified atom stereocenters. The van der Waals surface area contributed by atoms with Crippen LogP contribution < -0.4 is 0 Å². The first-order valence-electron chi connectivity index (χ1n) is 3.88. The second-order valence-electron chi connectivity index (χ2n) is 2.58. The molecule has 64 valence electrons. The lowest BCUT2D eigenvalue weighted by Crippen LogP contribution is -2.02. The van der Waals surface area contributed by atoms with E-state index in [1.54, 1.807) is 10.7 Å². The summed E-state index contributed by atoms with van der Waals surface area (Å²) in [6, 6.07) is 1.77. The summed E-state index contributed by atoms with van der Waals surface area (Å²) in [5.41, 5.74) is 1.51. The van der Waals surface area contributed by atoms with Gasteiger partial charge in [-0.2, -0.15) is 5.10 Å². The number of allylic oxidation sites excluding steroid dienone is 2. The molecule has 0 spiro atoms. The molecule has 0 bridgehead atoms. The summed E-state index contributed by atoms with van der Waals surface area (Å²) in [6.45, 7) is 4.48. The standard InChI is InChI=1S/C9H12N2O/c1-3-4-5-11-9(7-12)6-8(2)10-11/h3-4,6-7H,5H2,1-2H3. The van der Waals surface area contributed by atoms with Gasteiger partial charge in [0, 0.05) is 0 Å². The number of aldehydes is 1. The van der Waals surface area contributed by atoms with Gasteiger partial charge in [0.2, 0.25) is 0 Å². The smallest absolute Gasteiger partial charge is 0.168 e. The molecule has 1 rings (SSSR count). The van der Waals surface area contributed by atoms with Crippen molar-refractivity contribution in [1.29, 1.82) is 0 Å². The van der Waals surface area contributed by atoms with E-state index in [1.165, 1.54) is 0 Å². The van der Waals surface area contributed by atoms with Gasteiger partial charge in [-0.3, -0.25) is 9.48 Å². The van der Waals surface area contributed by atoms with Crippen LogP contribution in [0.15, 0.2) is 18.2 Å². The summed E-state index contributed by atoms with van der Waals surface area (Å²) in [5.74, 6) is 0. The highest BCUT2D eigenvalue weighted by molar-refractivity contribution is 5.72. The highest BCUT2D eigenvalue weighted by atomic mass is 16.1. The van der Waals surface area contributed by atoms with Crippen LogP contribution in [-0.2, 0) is 6.54 Å². The average molecular weight is 164 g/mol. The first kappa shape index (κ1) is 8.71. The van der Waals surface area contributed by atoms with Gasteiger partial charge in [-0.05, 0) is 19.9 Å². The van der Waals surface area contributed by atoms with Gasteiger partial charge in [0.15, 0.2) is 6.29 Å². The van der Waals surface area contributed by atoms with Crippen LogP contribution in [0, 0.1) is 6.92 Å². The highest BCUT2D eigenvalue weighted by Crippen LogP contribution is 2.00. The molecule has 0 atom stereocenters. The van der Waals surface area contributed by atoms with E-state index in [0.29, 0.717) is 12.2 Å². The minimum absolute atomic E-state index is 0.630. The molecule has 12 heavy (non-hydrogen) atoms. The molecule has 0 saturated carbocycles. The maximum absolute atomic E-state index is 10.5. The highest BCUT2D eigenvalue weighted by Gasteiger charge is 2.00. The molecule has 0 radical (unpaired) electrons. The maximum atomic E-state index is 10.5. The van der Waals surface area contributed by atoms with Crippen LogP contribution in [0.2, 0.25) is 0 Å². The molecule has 0 aliphatic rings. The summed E-state index contributed by atoms with van der Waals surface area (Å²) >= 11 is 0. The fourth-order valence-corrected chi connectivity index (χ4v) is 1.01. The van der Waals surface area contributed by atoms with Crippen molar-refractivity contribution in [3.05, 3.63) is 29.6 Å². The summed E-state index contributed by atoms with van der Waals surface area (Å²) in [4.78, 5) is 10.5. The number of hydrogen-bond acceptors (Lipinski definition) is 2. The zero-order valence-corrected chi connectivity index (χ0v) is 7.32.